The third kappa shape index (κ3) is 4.10. The minimum Gasteiger partial charge on any atom is -0.497 e. The molecule has 6 nitrogen and oxygen atoms in total. The van der Waals surface area contributed by atoms with E-state index in [2.05, 4.69) is 0 Å². The van der Waals surface area contributed by atoms with E-state index in [4.69, 9.17) is 19.3 Å². The van der Waals surface area contributed by atoms with Crippen molar-refractivity contribution in [3.63, 3.8) is 0 Å². The Bertz CT molecular complexity index is 1090. The molecule has 0 fully saturated rings. The van der Waals surface area contributed by atoms with Crippen molar-refractivity contribution in [2.45, 2.75) is 12.5 Å². The zero-order valence-electron chi connectivity index (χ0n) is 17.7. The van der Waals surface area contributed by atoms with E-state index in [-0.39, 0.29) is 11.9 Å². The van der Waals surface area contributed by atoms with Gasteiger partial charge in [0, 0.05) is 17.5 Å². The van der Waals surface area contributed by atoms with Gasteiger partial charge in [0.05, 0.1) is 33.1 Å². The second-order valence-corrected chi connectivity index (χ2v) is 7.13. The van der Waals surface area contributed by atoms with Crippen LogP contribution in [0.4, 0.5) is 0 Å². The summed E-state index contributed by atoms with van der Waals surface area (Å²) in [6, 6.07) is 22.4. The molecule has 0 saturated heterocycles. The van der Waals surface area contributed by atoms with E-state index in [1.54, 1.807) is 38.5 Å². The third-order valence-electron chi connectivity index (χ3n) is 5.36. The second-order valence-electron chi connectivity index (χ2n) is 7.13. The molecule has 0 N–H and O–H groups in total. The van der Waals surface area contributed by atoms with Crippen LogP contribution in [0.25, 0.3) is 0 Å². The Morgan fingerprint density at radius 2 is 1.58 bits per heavy atom. The number of hydrazone groups is 1. The fourth-order valence-corrected chi connectivity index (χ4v) is 3.69. The molecular formula is C25H24N2O4. The van der Waals surface area contributed by atoms with Gasteiger partial charge in [-0.05, 0) is 48.0 Å². The molecule has 0 bridgehead atoms. The highest BCUT2D eigenvalue weighted by Gasteiger charge is 2.34. The molecule has 1 aliphatic heterocycles. The number of nitrogens with zero attached hydrogens (tertiary/aromatic N) is 2. The molecule has 6 heteroatoms. The van der Waals surface area contributed by atoms with E-state index < -0.39 is 0 Å². The lowest BCUT2D eigenvalue weighted by Crippen LogP contribution is -2.27. The molecule has 0 aliphatic carbocycles. The van der Waals surface area contributed by atoms with Crippen molar-refractivity contribution in [2.75, 3.05) is 21.3 Å². The van der Waals surface area contributed by atoms with E-state index in [1.807, 2.05) is 60.7 Å². The van der Waals surface area contributed by atoms with Gasteiger partial charge in [0.2, 0.25) is 0 Å². The largest absolute Gasteiger partial charge is 0.497 e. The van der Waals surface area contributed by atoms with Crippen molar-refractivity contribution in [1.82, 2.24) is 5.01 Å². The van der Waals surface area contributed by atoms with Gasteiger partial charge in [0.25, 0.3) is 5.91 Å². The number of ether oxygens (including phenoxy) is 3. The number of carbonyl (C=O) groups excluding carboxylic acids is 1. The first-order valence-corrected chi connectivity index (χ1v) is 9.97. The van der Waals surface area contributed by atoms with Crippen LogP contribution in [0.2, 0.25) is 0 Å². The van der Waals surface area contributed by atoms with Crippen molar-refractivity contribution in [3.8, 4) is 17.2 Å². The van der Waals surface area contributed by atoms with Gasteiger partial charge >= 0.3 is 0 Å². The maximum Gasteiger partial charge on any atom is 0.274 e. The average Bonchev–Trinajstić information content (AvgIpc) is 3.29. The van der Waals surface area contributed by atoms with Gasteiger partial charge in [-0.2, -0.15) is 5.10 Å². The minimum absolute atomic E-state index is 0.142. The quantitative estimate of drug-likeness (QED) is 0.584. The number of rotatable bonds is 6. The summed E-state index contributed by atoms with van der Waals surface area (Å²) >= 11 is 0. The fourth-order valence-electron chi connectivity index (χ4n) is 3.69. The highest BCUT2D eigenvalue weighted by molar-refractivity contribution is 6.05. The summed E-state index contributed by atoms with van der Waals surface area (Å²) < 4.78 is 16.1. The van der Waals surface area contributed by atoms with E-state index in [1.165, 1.54) is 0 Å². The molecule has 0 saturated carbocycles. The second kappa shape index (κ2) is 8.92. The predicted molar refractivity (Wildman–Crippen MR) is 119 cm³/mol. The summed E-state index contributed by atoms with van der Waals surface area (Å²) in [5, 5.41) is 6.31. The lowest BCUT2D eigenvalue weighted by molar-refractivity contribution is 0.0711. The molecule has 1 amide bonds. The third-order valence-corrected chi connectivity index (χ3v) is 5.36. The number of amides is 1. The van der Waals surface area contributed by atoms with E-state index in [0.717, 1.165) is 22.6 Å². The first kappa shape index (κ1) is 20.5. The molecule has 0 aromatic heterocycles. The maximum absolute atomic E-state index is 13.3. The van der Waals surface area contributed by atoms with Crippen molar-refractivity contribution in [1.29, 1.82) is 0 Å². The molecule has 0 radical (unpaired) electrons. The normalized spacial score (nSPS) is 15.4. The zero-order valence-corrected chi connectivity index (χ0v) is 17.7. The Hall–Kier alpha value is -3.80. The zero-order chi connectivity index (χ0) is 21.8. The van der Waals surface area contributed by atoms with E-state index >= 15 is 0 Å². The smallest absolute Gasteiger partial charge is 0.274 e. The van der Waals surface area contributed by atoms with Crippen LogP contribution in [0.15, 0.2) is 77.9 Å². The molecule has 0 unspecified atom stereocenters. The Morgan fingerprint density at radius 1 is 0.871 bits per heavy atom. The molecule has 4 rings (SSSR count). The van der Waals surface area contributed by atoms with Crippen LogP contribution >= 0.6 is 0 Å². The molecule has 1 atom stereocenters. The van der Waals surface area contributed by atoms with Gasteiger partial charge in [-0.1, -0.05) is 30.3 Å². The highest BCUT2D eigenvalue weighted by atomic mass is 16.5. The first-order valence-electron chi connectivity index (χ1n) is 9.97. The summed E-state index contributed by atoms with van der Waals surface area (Å²) in [7, 11) is 4.84. The topological polar surface area (TPSA) is 60.4 Å². The Morgan fingerprint density at radius 3 is 2.23 bits per heavy atom. The average molecular weight is 416 g/mol. The van der Waals surface area contributed by atoms with Gasteiger partial charge in [-0.3, -0.25) is 4.79 Å². The van der Waals surface area contributed by atoms with Gasteiger partial charge in [-0.15, -0.1) is 0 Å². The summed E-state index contributed by atoms with van der Waals surface area (Å²) in [6.45, 7) is 0. The SMILES string of the molecule is COc1ccc([C@H]2CC(c3ccc(OC)c(OC)c3)=NN2C(=O)c2ccccc2)cc1. The van der Waals surface area contributed by atoms with Gasteiger partial charge in [0.1, 0.15) is 5.75 Å². The summed E-state index contributed by atoms with van der Waals surface area (Å²) in [4.78, 5) is 13.3. The number of methoxy groups -OCH3 is 3. The predicted octanol–water partition coefficient (Wildman–Crippen LogP) is 4.70. The standard InChI is InChI=1S/C25H24N2O4/c1-29-20-12-9-17(10-13-20)22-16-21(19-11-14-23(30-2)24(15-19)31-3)26-27(22)25(28)18-7-5-4-6-8-18/h4-15,22H,16H2,1-3H3/t22-/m1/s1. The first-order chi connectivity index (χ1) is 15.1. The van der Waals surface area contributed by atoms with Gasteiger partial charge < -0.3 is 14.2 Å². The summed E-state index contributed by atoms with van der Waals surface area (Å²) in [5.41, 5.74) is 3.29. The summed E-state index contributed by atoms with van der Waals surface area (Å²) in [6.07, 6.45) is 0.584. The lowest BCUT2D eigenvalue weighted by Gasteiger charge is -2.22. The minimum atomic E-state index is -0.221. The number of carbonyl (C=O) groups is 1. The van der Waals surface area contributed by atoms with Crippen LogP contribution in [0.3, 0.4) is 0 Å². The molecule has 1 heterocycles. The fraction of sp³-hybridized carbons (Fsp3) is 0.200. The van der Waals surface area contributed by atoms with Crippen molar-refractivity contribution >= 4 is 11.6 Å². The number of hydrogen-bond donors (Lipinski definition) is 0. The van der Waals surface area contributed by atoms with Gasteiger partial charge in [0.15, 0.2) is 11.5 Å². The Balaban J connectivity index is 1.72. The van der Waals surface area contributed by atoms with Crippen LogP contribution in [0.1, 0.15) is 33.9 Å². The molecule has 31 heavy (non-hydrogen) atoms. The van der Waals surface area contributed by atoms with Crippen LogP contribution in [0.5, 0.6) is 17.2 Å². The Labute approximate surface area is 181 Å². The van der Waals surface area contributed by atoms with Crippen molar-refractivity contribution in [3.05, 3.63) is 89.5 Å². The lowest BCUT2D eigenvalue weighted by atomic mass is 9.97. The number of hydrogen-bond acceptors (Lipinski definition) is 5. The van der Waals surface area contributed by atoms with Gasteiger partial charge in [-0.25, -0.2) is 5.01 Å². The van der Waals surface area contributed by atoms with Crippen molar-refractivity contribution in [2.24, 2.45) is 5.10 Å². The monoisotopic (exact) mass is 416 g/mol. The van der Waals surface area contributed by atoms with Crippen LogP contribution in [-0.4, -0.2) is 38.0 Å². The molecule has 158 valence electrons. The molecule has 3 aromatic rings. The summed E-state index contributed by atoms with van der Waals surface area (Å²) in [5.74, 6) is 1.89. The maximum atomic E-state index is 13.3. The number of benzene rings is 3. The molecule has 0 spiro atoms. The van der Waals surface area contributed by atoms with E-state index in [0.29, 0.717) is 23.5 Å². The molecule has 3 aromatic carbocycles. The van der Waals surface area contributed by atoms with Crippen LogP contribution in [-0.2, 0) is 0 Å². The van der Waals surface area contributed by atoms with Crippen LogP contribution < -0.4 is 14.2 Å². The highest BCUT2D eigenvalue weighted by Crippen LogP contribution is 2.36. The molecular weight excluding hydrogens is 392 g/mol. The molecule has 1 aliphatic rings. The van der Waals surface area contributed by atoms with Crippen molar-refractivity contribution < 1.29 is 19.0 Å². The van der Waals surface area contributed by atoms with E-state index in [9.17, 15) is 4.79 Å². The van der Waals surface area contributed by atoms with Crippen LogP contribution in [0, 0.1) is 0 Å². The Kier molecular flexibility index (Phi) is 5.89.